The number of hydrogen-bond acceptors (Lipinski definition) is 3. The predicted octanol–water partition coefficient (Wildman–Crippen LogP) is 3.10. The second-order valence-electron chi connectivity index (χ2n) is 5.01. The Labute approximate surface area is 113 Å². The molecule has 1 fully saturated rings. The maximum Gasteiger partial charge on any atom is 0.339 e. The molecule has 0 amide bonds. The topological polar surface area (TPSA) is 55.8 Å². The Kier molecular flexibility index (Phi) is 4.80. The maximum absolute atomic E-state index is 11.0. The van der Waals surface area contributed by atoms with Gasteiger partial charge in [-0.2, -0.15) is 0 Å². The third-order valence-electron chi connectivity index (χ3n) is 3.59. The van der Waals surface area contributed by atoms with Gasteiger partial charge in [-0.15, -0.1) is 0 Å². The van der Waals surface area contributed by atoms with Crippen LogP contribution < -0.4 is 4.74 Å². The van der Waals surface area contributed by atoms with Gasteiger partial charge in [0.25, 0.3) is 0 Å². The highest BCUT2D eigenvalue weighted by molar-refractivity contribution is 5.90. The Morgan fingerprint density at radius 1 is 1.37 bits per heavy atom. The van der Waals surface area contributed by atoms with Gasteiger partial charge in [0.05, 0.1) is 13.7 Å². The van der Waals surface area contributed by atoms with Gasteiger partial charge in [-0.3, -0.25) is 0 Å². The summed E-state index contributed by atoms with van der Waals surface area (Å²) in [5, 5.41) is 9.00. The van der Waals surface area contributed by atoms with Crippen LogP contribution in [0.4, 0.5) is 0 Å². The second kappa shape index (κ2) is 6.57. The zero-order chi connectivity index (χ0) is 13.7. The Morgan fingerprint density at radius 2 is 2.11 bits per heavy atom. The molecule has 19 heavy (non-hydrogen) atoms. The highest BCUT2D eigenvalue weighted by atomic mass is 16.5. The van der Waals surface area contributed by atoms with Crippen molar-refractivity contribution in [3.8, 4) is 5.75 Å². The molecule has 0 heterocycles. The summed E-state index contributed by atoms with van der Waals surface area (Å²) in [6.07, 6.45) is 5.16. The first-order valence-corrected chi connectivity index (χ1v) is 6.68. The number of carboxylic acids is 1. The summed E-state index contributed by atoms with van der Waals surface area (Å²) in [6, 6.07) is 5.08. The van der Waals surface area contributed by atoms with Crippen LogP contribution in [0.3, 0.4) is 0 Å². The normalized spacial score (nSPS) is 15.6. The fourth-order valence-electron chi connectivity index (χ4n) is 2.52. The molecule has 0 bridgehead atoms. The van der Waals surface area contributed by atoms with Crippen molar-refractivity contribution in [1.29, 1.82) is 0 Å². The molecule has 1 aliphatic carbocycles. The van der Waals surface area contributed by atoms with Crippen molar-refractivity contribution in [2.75, 3.05) is 13.7 Å². The van der Waals surface area contributed by atoms with E-state index in [-0.39, 0.29) is 5.56 Å². The molecule has 2 rings (SSSR count). The van der Waals surface area contributed by atoms with E-state index in [2.05, 4.69) is 0 Å². The predicted molar refractivity (Wildman–Crippen MR) is 71.6 cm³/mol. The summed E-state index contributed by atoms with van der Waals surface area (Å²) in [4.78, 5) is 11.0. The third-order valence-corrected chi connectivity index (χ3v) is 3.59. The first-order valence-electron chi connectivity index (χ1n) is 6.68. The summed E-state index contributed by atoms with van der Waals surface area (Å²) < 4.78 is 10.8. The van der Waals surface area contributed by atoms with Crippen molar-refractivity contribution in [1.82, 2.24) is 0 Å². The van der Waals surface area contributed by atoms with Gasteiger partial charge >= 0.3 is 5.97 Å². The lowest BCUT2D eigenvalue weighted by Gasteiger charge is -2.11. The van der Waals surface area contributed by atoms with Gasteiger partial charge < -0.3 is 14.6 Å². The van der Waals surface area contributed by atoms with Crippen molar-refractivity contribution in [2.45, 2.75) is 32.3 Å². The van der Waals surface area contributed by atoms with Gasteiger partial charge in [-0.05, 0) is 36.5 Å². The van der Waals surface area contributed by atoms with E-state index in [0.717, 1.165) is 12.2 Å². The van der Waals surface area contributed by atoms with Crippen LogP contribution >= 0.6 is 0 Å². The average Bonchev–Trinajstić information content (AvgIpc) is 2.91. The number of rotatable bonds is 6. The summed E-state index contributed by atoms with van der Waals surface area (Å²) in [5.41, 5.74) is 1.13. The molecule has 1 aliphatic rings. The summed E-state index contributed by atoms with van der Waals surface area (Å²) >= 11 is 0. The van der Waals surface area contributed by atoms with Crippen molar-refractivity contribution >= 4 is 5.97 Å². The molecule has 1 N–H and O–H groups in total. The SMILES string of the molecule is COc1cc(COCC2CCCC2)ccc1C(=O)O. The van der Waals surface area contributed by atoms with Crippen LogP contribution in [-0.2, 0) is 11.3 Å². The number of aromatic carboxylic acids is 1. The summed E-state index contributed by atoms with van der Waals surface area (Å²) in [7, 11) is 1.48. The van der Waals surface area contributed by atoms with Crippen molar-refractivity contribution in [3.63, 3.8) is 0 Å². The van der Waals surface area contributed by atoms with Crippen LogP contribution in [0.15, 0.2) is 18.2 Å². The van der Waals surface area contributed by atoms with E-state index in [4.69, 9.17) is 14.6 Å². The molecule has 1 aromatic rings. The molecule has 4 heteroatoms. The first-order chi connectivity index (χ1) is 9.20. The molecule has 104 valence electrons. The van der Waals surface area contributed by atoms with Gasteiger partial charge in [0.2, 0.25) is 0 Å². The number of hydrogen-bond donors (Lipinski definition) is 1. The largest absolute Gasteiger partial charge is 0.496 e. The molecule has 1 aromatic carbocycles. The first kappa shape index (κ1) is 13.9. The molecular formula is C15H20O4. The Morgan fingerprint density at radius 3 is 2.74 bits per heavy atom. The van der Waals surface area contributed by atoms with Crippen LogP contribution in [-0.4, -0.2) is 24.8 Å². The van der Waals surface area contributed by atoms with E-state index >= 15 is 0 Å². The van der Waals surface area contributed by atoms with E-state index in [0.29, 0.717) is 18.3 Å². The average molecular weight is 264 g/mol. The van der Waals surface area contributed by atoms with Crippen LogP contribution in [0.25, 0.3) is 0 Å². The second-order valence-corrected chi connectivity index (χ2v) is 5.01. The van der Waals surface area contributed by atoms with Crippen LogP contribution in [0, 0.1) is 5.92 Å². The Bertz CT molecular complexity index is 436. The third kappa shape index (κ3) is 3.70. The highest BCUT2D eigenvalue weighted by Crippen LogP contribution is 2.25. The molecule has 1 saturated carbocycles. The van der Waals surface area contributed by atoms with E-state index in [1.807, 2.05) is 0 Å². The van der Waals surface area contributed by atoms with Crippen LogP contribution in [0.1, 0.15) is 41.6 Å². The number of benzene rings is 1. The highest BCUT2D eigenvalue weighted by Gasteiger charge is 2.15. The molecule has 0 saturated heterocycles. The van der Waals surface area contributed by atoms with E-state index in [1.165, 1.54) is 32.8 Å². The zero-order valence-electron chi connectivity index (χ0n) is 11.2. The number of carbonyl (C=O) groups is 1. The quantitative estimate of drug-likeness (QED) is 0.857. The molecule has 0 aromatic heterocycles. The van der Waals surface area contributed by atoms with Gasteiger partial charge in [-0.25, -0.2) is 4.79 Å². The molecular weight excluding hydrogens is 244 g/mol. The molecule has 0 radical (unpaired) electrons. The molecule has 0 spiro atoms. The number of ether oxygens (including phenoxy) is 2. The van der Waals surface area contributed by atoms with Crippen molar-refractivity contribution in [2.24, 2.45) is 5.92 Å². The van der Waals surface area contributed by atoms with E-state index in [9.17, 15) is 4.79 Å². The Balaban J connectivity index is 1.91. The smallest absolute Gasteiger partial charge is 0.339 e. The fourth-order valence-corrected chi connectivity index (χ4v) is 2.52. The number of carboxylic acid groups (broad SMARTS) is 1. The number of methoxy groups -OCH3 is 1. The van der Waals surface area contributed by atoms with Crippen LogP contribution in [0.5, 0.6) is 5.75 Å². The minimum atomic E-state index is -0.977. The summed E-state index contributed by atoms with van der Waals surface area (Å²) in [6.45, 7) is 1.30. The lowest BCUT2D eigenvalue weighted by Crippen LogP contribution is -2.06. The van der Waals surface area contributed by atoms with Gasteiger partial charge in [0, 0.05) is 6.61 Å². The minimum Gasteiger partial charge on any atom is -0.496 e. The summed E-state index contributed by atoms with van der Waals surface area (Å²) in [5.74, 6) is 0.102. The zero-order valence-corrected chi connectivity index (χ0v) is 11.2. The minimum absolute atomic E-state index is 0.182. The van der Waals surface area contributed by atoms with Gasteiger partial charge in [-0.1, -0.05) is 18.9 Å². The fraction of sp³-hybridized carbons (Fsp3) is 0.533. The Hall–Kier alpha value is -1.55. The lowest BCUT2D eigenvalue weighted by molar-refractivity contribution is 0.0692. The molecule has 4 nitrogen and oxygen atoms in total. The van der Waals surface area contributed by atoms with Crippen molar-refractivity contribution < 1.29 is 19.4 Å². The monoisotopic (exact) mass is 264 g/mol. The standard InChI is InChI=1S/C15H20O4/c1-18-14-8-12(6-7-13(14)15(16)17)10-19-9-11-4-2-3-5-11/h6-8,11H,2-5,9-10H2,1H3,(H,16,17). The van der Waals surface area contributed by atoms with Gasteiger partial charge in [0.15, 0.2) is 0 Å². The lowest BCUT2D eigenvalue weighted by atomic mass is 10.1. The maximum atomic E-state index is 11.0. The van der Waals surface area contributed by atoms with Crippen molar-refractivity contribution in [3.05, 3.63) is 29.3 Å². The van der Waals surface area contributed by atoms with E-state index < -0.39 is 5.97 Å². The van der Waals surface area contributed by atoms with Crippen LogP contribution in [0.2, 0.25) is 0 Å². The van der Waals surface area contributed by atoms with Gasteiger partial charge in [0.1, 0.15) is 11.3 Å². The molecule has 0 unspecified atom stereocenters. The molecule has 0 aliphatic heterocycles. The molecule has 0 atom stereocenters. The van der Waals surface area contributed by atoms with E-state index in [1.54, 1.807) is 18.2 Å².